The van der Waals surface area contributed by atoms with Crippen LogP contribution in [0.15, 0.2) is 24.3 Å². The van der Waals surface area contributed by atoms with Crippen molar-refractivity contribution in [1.82, 2.24) is 0 Å². The van der Waals surface area contributed by atoms with Crippen LogP contribution < -0.4 is 0 Å². The third-order valence-corrected chi connectivity index (χ3v) is 1.23. The second kappa shape index (κ2) is 8.21. The topological polar surface area (TPSA) is 26.3 Å². The van der Waals surface area contributed by atoms with Crippen molar-refractivity contribution in [3.8, 4) is 0 Å². The van der Waals surface area contributed by atoms with Gasteiger partial charge in [0, 0.05) is 0 Å². The van der Waals surface area contributed by atoms with E-state index in [0.29, 0.717) is 12.2 Å². The summed E-state index contributed by atoms with van der Waals surface area (Å²) in [5, 5.41) is 0. The second-order valence-corrected chi connectivity index (χ2v) is 2.01. The number of esters is 1. The Labute approximate surface area is 92.0 Å². The molecular weight excluding hydrogens is 241 g/mol. The van der Waals surface area contributed by atoms with Crippen molar-refractivity contribution in [2.24, 2.45) is 0 Å². The number of hydrogen-bond acceptors (Lipinski definition) is 2. The van der Waals surface area contributed by atoms with Crippen LogP contribution >= 0.6 is 9.69 Å². The molecule has 0 saturated carbocycles. The maximum absolute atomic E-state index is 11.0. The Bertz CT molecular complexity index is 239. The van der Waals surface area contributed by atoms with E-state index in [0.717, 1.165) is 17.3 Å². The average molecular weight is 250 g/mol. The molecule has 1 aromatic rings. The molecule has 4 heteroatoms. The number of ether oxygens (including phenoxy) is 1. The second-order valence-electron chi connectivity index (χ2n) is 2.01. The SMILES string of the molecule is CCOC(=O)c1cc[c-]cc1.[Cl][Zn+]. The Morgan fingerprint density at radius 3 is 2.54 bits per heavy atom. The number of rotatable bonds is 2. The summed E-state index contributed by atoms with van der Waals surface area (Å²) in [6.07, 6.45) is 0. The van der Waals surface area contributed by atoms with Gasteiger partial charge in [0.2, 0.25) is 0 Å². The molecule has 0 N–H and O–H groups in total. The molecule has 0 unspecified atom stereocenters. The maximum atomic E-state index is 11.0. The first-order valence-corrected chi connectivity index (χ1v) is 7.64. The molecule has 0 amide bonds. The molecule has 13 heavy (non-hydrogen) atoms. The molecule has 0 spiro atoms. The molecule has 0 aliphatic heterocycles. The van der Waals surface area contributed by atoms with E-state index in [1.54, 1.807) is 31.2 Å². The Hall–Kier alpha value is -0.397. The summed E-state index contributed by atoms with van der Waals surface area (Å²) in [6, 6.07) is 9.55. The zero-order chi connectivity index (χ0) is 10.1. The van der Waals surface area contributed by atoms with E-state index >= 15 is 0 Å². The standard InChI is InChI=1S/C9H9O2.ClH.Zn/c1-2-11-9(10)8-6-4-3-5-7-8;;/h4-7H,2H2,1H3;1H;/q-1;;+2/p-1. The molecule has 0 aromatic heterocycles. The number of benzene rings is 1. The van der Waals surface area contributed by atoms with Gasteiger partial charge >= 0.3 is 33.0 Å². The summed E-state index contributed by atoms with van der Waals surface area (Å²) in [7, 11) is 4.76. The van der Waals surface area contributed by atoms with E-state index in [4.69, 9.17) is 14.4 Å². The van der Waals surface area contributed by atoms with E-state index in [9.17, 15) is 4.79 Å². The number of hydrogen-bond donors (Lipinski definition) is 0. The fourth-order valence-electron chi connectivity index (χ4n) is 0.737. The van der Waals surface area contributed by atoms with Crippen molar-refractivity contribution in [2.45, 2.75) is 6.92 Å². The predicted molar refractivity (Wildman–Crippen MR) is 47.1 cm³/mol. The molecule has 0 fully saturated rings. The van der Waals surface area contributed by atoms with Gasteiger partial charge in [-0.1, -0.05) is 0 Å². The quantitative estimate of drug-likeness (QED) is 0.457. The molecular formula is C9H9ClO2Zn. The minimum absolute atomic E-state index is 0.276. The van der Waals surface area contributed by atoms with Gasteiger partial charge in [0.25, 0.3) is 0 Å². The first-order valence-electron chi connectivity index (χ1n) is 3.74. The van der Waals surface area contributed by atoms with Crippen LogP contribution in [0.4, 0.5) is 0 Å². The molecule has 1 rings (SSSR count). The molecule has 0 aliphatic carbocycles. The molecule has 0 heterocycles. The van der Waals surface area contributed by atoms with Gasteiger partial charge in [0.1, 0.15) is 0 Å². The first-order chi connectivity index (χ1) is 6.34. The molecule has 0 bridgehead atoms. The normalized spacial score (nSPS) is 8.31. The molecule has 2 nitrogen and oxygen atoms in total. The van der Waals surface area contributed by atoms with Crippen molar-refractivity contribution in [1.29, 1.82) is 0 Å². The van der Waals surface area contributed by atoms with E-state index in [-0.39, 0.29) is 5.97 Å². The van der Waals surface area contributed by atoms with Gasteiger partial charge in [0.15, 0.2) is 0 Å². The Morgan fingerprint density at radius 1 is 1.54 bits per heavy atom. The molecule has 0 saturated heterocycles. The van der Waals surface area contributed by atoms with Crippen LogP contribution in [-0.4, -0.2) is 12.6 Å². The zero-order valence-corrected chi connectivity index (χ0v) is 11.1. The Balaban J connectivity index is 0.000000671. The van der Waals surface area contributed by atoms with Gasteiger partial charge in [-0.2, -0.15) is 30.3 Å². The molecule has 66 valence electrons. The van der Waals surface area contributed by atoms with E-state index < -0.39 is 0 Å². The molecule has 1 aromatic carbocycles. The van der Waals surface area contributed by atoms with Gasteiger partial charge in [-0.05, 0) is 12.5 Å². The zero-order valence-electron chi connectivity index (χ0n) is 7.42. The number of carbonyl (C=O) groups excluding carboxylic acids is 1. The average Bonchev–Trinajstić information content (AvgIpc) is 2.23. The van der Waals surface area contributed by atoms with Crippen molar-refractivity contribution in [3.63, 3.8) is 0 Å². The fraction of sp³-hybridized carbons (Fsp3) is 0.222. The third-order valence-electron chi connectivity index (χ3n) is 1.23. The summed E-state index contributed by atoms with van der Waals surface area (Å²) in [5.74, 6) is -0.276. The van der Waals surface area contributed by atoms with Gasteiger partial charge < -0.3 is 4.74 Å². The number of halogens is 1. The van der Waals surface area contributed by atoms with Crippen molar-refractivity contribution in [2.75, 3.05) is 6.61 Å². The van der Waals surface area contributed by atoms with Gasteiger partial charge in [-0.25, -0.2) is 4.79 Å². The van der Waals surface area contributed by atoms with Crippen molar-refractivity contribution < 1.29 is 26.8 Å². The van der Waals surface area contributed by atoms with E-state index in [2.05, 4.69) is 6.07 Å². The van der Waals surface area contributed by atoms with Crippen LogP contribution in [0.3, 0.4) is 0 Å². The van der Waals surface area contributed by atoms with Gasteiger partial charge in [-0.15, -0.1) is 0 Å². The fourth-order valence-corrected chi connectivity index (χ4v) is 0.737. The summed E-state index contributed by atoms with van der Waals surface area (Å²) >= 11 is 0.847. The molecule has 0 atom stereocenters. The summed E-state index contributed by atoms with van der Waals surface area (Å²) in [5.41, 5.74) is 0.575. The van der Waals surface area contributed by atoms with Gasteiger partial charge in [-0.3, -0.25) is 0 Å². The monoisotopic (exact) mass is 248 g/mol. The van der Waals surface area contributed by atoms with Gasteiger partial charge in [0.05, 0.1) is 6.61 Å². The van der Waals surface area contributed by atoms with Crippen LogP contribution in [0.1, 0.15) is 17.3 Å². The van der Waals surface area contributed by atoms with Crippen LogP contribution in [-0.2, 0) is 22.0 Å². The van der Waals surface area contributed by atoms with Crippen LogP contribution in [0.5, 0.6) is 0 Å². The van der Waals surface area contributed by atoms with E-state index in [1.165, 1.54) is 0 Å². The number of carbonyl (C=O) groups is 1. The minimum atomic E-state index is -0.276. The Kier molecular flexibility index (Phi) is 7.96. The molecule has 0 aliphatic rings. The van der Waals surface area contributed by atoms with Crippen LogP contribution in [0, 0.1) is 6.07 Å². The first kappa shape index (κ1) is 12.6. The van der Waals surface area contributed by atoms with Crippen LogP contribution in [0.25, 0.3) is 0 Å². The summed E-state index contributed by atoms with van der Waals surface area (Å²) < 4.78 is 4.78. The summed E-state index contributed by atoms with van der Waals surface area (Å²) in [4.78, 5) is 11.0. The predicted octanol–water partition coefficient (Wildman–Crippen LogP) is 2.35. The Morgan fingerprint density at radius 2 is 2.08 bits per heavy atom. The van der Waals surface area contributed by atoms with E-state index in [1.807, 2.05) is 0 Å². The van der Waals surface area contributed by atoms with Crippen molar-refractivity contribution in [3.05, 3.63) is 35.9 Å². The van der Waals surface area contributed by atoms with Crippen LogP contribution in [0.2, 0.25) is 0 Å². The van der Waals surface area contributed by atoms with Crippen molar-refractivity contribution >= 4 is 15.7 Å². The molecule has 0 radical (unpaired) electrons. The summed E-state index contributed by atoms with van der Waals surface area (Å²) in [6.45, 7) is 2.20. The third kappa shape index (κ3) is 5.02.